The van der Waals surface area contributed by atoms with Crippen LogP contribution in [0.4, 0.5) is 14.5 Å². The summed E-state index contributed by atoms with van der Waals surface area (Å²) in [5.74, 6) is -2.60. The monoisotopic (exact) mass is 242 g/mol. The van der Waals surface area contributed by atoms with Gasteiger partial charge >= 0.3 is 5.69 Å². The standard InChI is InChI=1S/C11H12F2N2O2/c12-8-4-7(11(6-14)2-1-3-11)5-9(10(8)13)15(16)17/h4-5H,1-3,6,14H2. The van der Waals surface area contributed by atoms with Crippen molar-refractivity contribution in [3.63, 3.8) is 0 Å². The van der Waals surface area contributed by atoms with Gasteiger partial charge in [0, 0.05) is 18.0 Å². The quantitative estimate of drug-likeness (QED) is 0.652. The molecular formula is C11H12F2N2O2. The summed E-state index contributed by atoms with van der Waals surface area (Å²) in [5, 5.41) is 10.6. The Labute approximate surface area is 96.6 Å². The number of nitro groups is 1. The van der Waals surface area contributed by atoms with E-state index in [1.165, 1.54) is 0 Å². The first-order valence-corrected chi connectivity index (χ1v) is 5.34. The van der Waals surface area contributed by atoms with E-state index in [0.29, 0.717) is 5.56 Å². The molecule has 0 amide bonds. The van der Waals surface area contributed by atoms with Gasteiger partial charge in [-0.1, -0.05) is 6.42 Å². The van der Waals surface area contributed by atoms with Gasteiger partial charge in [-0.3, -0.25) is 10.1 Å². The van der Waals surface area contributed by atoms with Gasteiger partial charge in [-0.25, -0.2) is 4.39 Å². The van der Waals surface area contributed by atoms with Crippen LogP contribution in [0.25, 0.3) is 0 Å². The van der Waals surface area contributed by atoms with Gasteiger partial charge in [-0.15, -0.1) is 0 Å². The van der Waals surface area contributed by atoms with Gasteiger partial charge in [-0.2, -0.15) is 4.39 Å². The van der Waals surface area contributed by atoms with E-state index in [1.54, 1.807) is 0 Å². The minimum Gasteiger partial charge on any atom is -0.330 e. The molecule has 0 radical (unpaired) electrons. The van der Waals surface area contributed by atoms with Crippen LogP contribution in [0.5, 0.6) is 0 Å². The molecule has 2 N–H and O–H groups in total. The summed E-state index contributed by atoms with van der Waals surface area (Å²) in [5.41, 5.74) is 4.82. The molecular weight excluding hydrogens is 230 g/mol. The van der Waals surface area contributed by atoms with Crippen molar-refractivity contribution in [1.82, 2.24) is 0 Å². The molecule has 0 spiro atoms. The zero-order valence-electron chi connectivity index (χ0n) is 9.08. The summed E-state index contributed by atoms with van der Waals surface area (Å²) in [6.07, 6.45) is 2.46. The van der Waals surface area contributed by atoms with E-state index in [9.17, 15) is 18.9 Å². The van der Waals surface area contributed by atoms with Crippen molar-refractivity contribution < 1.29 is 13.7 Å². The van der Waals surface area contributed by atoms with Gasteiger partial charge < -0.3 is 5.73 Å². The van der Waals surface area contributed by atoms with E-state index >= 15 is 0 Å². The van der Waals surface area contributed by atoms with Gasteiger partial charge in [0.1, 0.15) is 0 Å². The predicted octanol–water partition coefficient (Wildman–Crippen LogP) is 2.25. The second kappa shape index (κ2) is 4.03. The van der Waals surface area contributed by atoms with Crippen LogP contribution >= 0.6 is 0 Å². The highest BCUT2D eigenvalue weighted by atomic mass is 19.2. The highest BCUT2D eigenvalue weighted by Gasteiger charge is 2.39. The SMILES string of the molecule is NCC1(c2cc(F)c(F)c([N+](=O)[O-])c2)CCC1. The van der Waals surface area contributed by atoms with Crippen LogP contribution < -0.4 is 5.73 Å². The Bertz CT molecular complexity index is 467. The zero-order chi connectivity index (χ0) is 12.6. The third-order valence-electron chi connectivity index (χ3n) is 3.52. The summed E-state index contributed by atoms with van der Waals surface area (Å²) in [6, 6.07) is 2.12. The molecule has 1 aromatic carbocycles. The number of nitrogens with zero attached hydrogens (tertiary/aromatic N) is 1. The van der Waals surface area contributed by atoms with Crippen LogP contribution in [0.1, 0.15) is 24.8 Å². The minimum absolute atomic E-state index is 0.287. The summed E-state index contributed by atoms with van der Waals surface area (Å²) >= 11 is 0. The molecule has 17 heavy (non-hydrogen) atoms. The first-order chi connectivity index (χ1) is 8.00. The average molecular weight is 242 g/mol. The van der Waals surface area contributed by atoms with Crippen molar-refractivity contribution in [3.8, 4) is 0 Å². The normalized spacial score (nSPS) is 17.6. The topological polar surface area (TPSA) is 69.2 Å². The van der Waals surface area contributed by atoms with Crippen molar-refractivity contribution in [3.05, 3.63) is 39.4 Å². The van der Waals surface area contributed by atoms with Crippen LogP contribution in [-0.2, 0) is 5.41 Å². The van der Waals surface area contributed by atoms with Crippen molar-refractivity contribution in [2.45, 2.75) is 24.7 Å². The Balaban J connectivity index is 2.53. The van der Waals surface area contributed by atoms with Crippen LogP contribution in [-0.4, -0.2) is 11.5 Å². The zero-order valence-corrected chi connectivity index (χ0v) is 9.08. The van der Waals surface area contributed by atoms with E-state index in [4.69, 9.17) is 5.73 Å². The highest BCUT2D eigenvalue weighted by molar-refractivity contribution is 5.41. The molecule has 0 bridgehead atoms. The fraction of sp³-hybridized carbons (Fsp3) is 0.455. The van der Waals surface area contributed by atoms with Crippen molar-refractivity contribution in [2.75, 3.05) is 6.54 Å². The maximum absolute atomic E-state index is 13.3. The van der Waals surface area contributed by atoms with Crippen LogP contribution in [0.15, 0.2) is 12.1 Å². The molecule has 2 rings (SSSR count). The number of rotatable bonds is 3. The first kappa shape index (κ1) is 11.9. The molecule has 0 heterocycles. The largest absolute Gasteiger partial charge is 0.330 e. The van der Waals surface area contributed by atoms with E-state index < -0.39 is 27.7 Å². The molecule has 1 aromatic rings. The van der Waals surface area contributed by atoms with E-state index in [-0.39, 0.29) is 6.54 Å². The Morgan fingerprint density at radius 2 is 2.06 bits per heavy atom. The lowest BCUT2D eigenvalue weighted by atomic mass is 9.64. The van der Waals surface area contributed by atoms with Gasteiger partial charge in [0.15, 0.2) is 5.82 Å². The average Bonchev–Trinajstić information content (AvgIpc) is 2.21. The van der Waals surface area contributed by atoms with E-state index in [0.717, 1.165) is 31.4 Å². The highest BCUT2D eigenvalue weighted by Crippen LogP contribution is 2.44. The molecule has 4 nitrogen and oxygen atoms in total. The van der Waals surface area contributed by atoms with E-state index in [2.05, 4.69) is 0 Å². The second-order valence-corrected chi connectivity index (χ2v) is 4.39. The lowest BCUT2D eigenvalue weighted by molar-refractivity contribution is -0.387. The molecule has 1 aliphatic rings. The maximum atomic E-state index is 13.3. The third kappa shape index (κ3) is 1.78. The summed E-state index contributed by atoms with van der Waals surface area (Å²) in [6.45, 7) is 0.287. The smallest absolute Gasteiger partial charge is 0.308 e. The van der Waals surface area contributed by atoms with Crippen LogP contribution in [0.3, 0.4) is 0 Å². The molecule has 0 saturated heterocycles. The molecule has 0 aliphatic heterocycles. The number of halogens is 2. The Morgan fingerprint density at radius 1 is 1.41 bits per heavy atom. The van der Waals surface area contributed by atoms with Crippen molar-refractivity contribution >= 4 is 5.69 Å². The second-order valence-electron chi connectivity index (χ2n) is 4.39. The summed E-state index contributed by atoms with van der Waals surface area (Å²) < 4.78 is 26.5. The first-order valence-electron chi connectivity index (χ1n) is 5.34. The van der Waals surface area contributed by atoms with Crippen molar-refractivity contribution in [2.24, 2.45) is 5.73 Å². The molecule has 0 atom stereocenters. The molecule has 1 aliphatic carbocycles. The molecule has 92 valence electrons. The number of nitro benzene ring substituents is 1. The van der Waals surface area contributed by atoms with Crippen LogP contribution in [0.2, 0.25) is 0 Å². The number of benzene rings is 1. The molecule has 0 aromatic heterocycles. The molecule has 0 unspecified atom stereocenters. The summed E-state index contributed by atoms with van der Waals surface area (Å²) in [4.78, 5) is 9.70. The number of hydrogen-bond acceptors (Lipinski definition) is 3. The summed E-state index contributed by atoms with van der Waals surface area (Å²) in [7, 11) is 0. The van der Waals surface area contributed by atoms with Gasteiger partial charge in [-0.05, 0) is 24.5 Å². The van der Waals surface area contributed by atoms with Crippen LogP contribution in [0, 0.1) is 21.7 Å². The van der Waals surface area contributed by atoms with Gasteiger partial charge in [0.25, 0.3) is 0 Å². The molecule has 1 fully saturated rings. The Morgan fingerprint density at radius 3 is 2.47 bits per heavy atom. The van der Waals surface area contributed by atoms with Crippen molar-refractivity contribution in [1.29, 1.82) is 0 Å². The molecule has 6 heteroatoms. The third-order valence-corrected chi connectivity index (χ3v) is 3.52. The van der Waals surface area contributed by atoms with Gasteiger partial charge in [0.05, 0.1) is 4.92 Å². The Hall–Kier alpha value is -1.56. The lowest BCUT2D eigenvalue weighted by Crippen LogP contribution is -2.41. The predicted molar refractivity (Wildman–Crippen MR) is 57.6 cm³/mol. The fourth-order valence-electron chi connectivity index (χ4n) is 2.23. The van der Waals surface area contributed by atoms with E-state index in [1.807, 2.05) is 0 Å². The minimum atomic E-state index is -1.41. The maximum Gasteiger partial charge on any atom is 0.308 e. The number of nitrogens with two attached hydrogens (primary N) is 1. The molecule has 1 saturated carbocycles. The lowest BCUT2D eigenvalue weighted by Gasteiger charge is -2.41. The Kier molecular flexibility index (Phi) is 2.82. The fourth-order valence-corrected chi connectivity index (χ4v) is 2.23. The number of hydrogen-bond donors (Lipinski definition) is 1. The van der Waals surface area contributed by atoms with Gasteiger partial charge in [0.2, 0.25) is 5.82 Å².